The van der Waals surface area contributed by atoms with E-state index in [1.54, 1.807) is 7.11 Å². The first-order chi connectivity index (χ1) is 8.74. The van der Waals surface area contributed by atoms with E-state index >= 15 is 0 Å². The van der Waals surface area contributed by atoms with E-state index in [4.69, 9.17) is 23.7 Å². The van der Waals surface area contributed by atoms with Crippen molar-refractivity contribution in [3.05, 3.63) is 0 Å². The van der Waals surface area contributed by atoms with Gasteiger partial charge in [-0.3, -0.25) is 0 Å². The second-order valence-corrected chi connectivity index (χ2v) is 5.92. The molecule has 0 radical (unpaired) electrons. The Bertz CT molecular complexity index is 316. The Balaban J connectivity index is 1.98. The van der Waals surface area contributed by atoms with E-state index in [-0.39, 0.29) is 24.9 Å². The van der Waals surface area contributed by atoms with Crippen LogP contribution in [0.25, 0.3) is 0 Å². The topological polar surface area (TPSA) is 66.4 Å². The average molecular weight is 276 g/mol. The molecule has 0 aliphatic carbocycles. The molecule has 0 unspecified atom stereocenters. The van der Waals surface area contributed by atoms with E-state index in [2.05, 4.69) is 0 Å². The monoisotopic (exact) mass is 276 g/mol. The molecule has 2 aliphatic heterocycles. The molecule has 1 N–H and O–H groups in total. The molecule has 2 rings (SSSR count). The van der Waals surface area contributed by atoms with Crippen molar-refractivity contribution in [2.24, 2.45) is 0 Å². The average Bonchev–Trinajstić information content (AvgIpc) is 2.65. The SMILES string of the molecule is COC(C)(C)OC[C@H]1OC[C@H](O)[C@H]2OC(C)(C)O[C@H]21. The molecule has 2 saturated heterocycles. The number of fused-ring (bicyclic) bond motifs is 1. The highest BCUT2D eigenvalue weighted by Gasteiger charge is 2.51. The van der Waals surface area contributed by atoms with E-state index in [1.165, 1.54) is 0 Å². The van der Waals surface area contributed by atoms with Gasteiger partial charge in [0.25, 0.3) is 0 Å². The quantitative estimate of drug-likeness (QED) is 0.761. The van der Waals surface area contributed by atoms with Crippen LogP contribution in [0.15, 0.2) is 0 Å². The fraction of sp³-hybridized carbons (Fsp3) is 1.00. The largest absolute Gasteiger partial charge is 0.388 e. The molecule has 6 nitrogen and oxygen atoms in total. The summed E-state index contributed by atoms with van der Waals surface area (Å²) in [5.74, 6) is -1.39. The smallest absolute Gasteiger partial charge is 0.164 e. The second-order valence-electron chi connectivity index (χ2n) is 5.92. The summed E-state index contributed by atoms with van der Waals surface area (Å²) in [5, 5.41) is 9.91. The summed E-state index contributed by atoms with van der Waals surface area (Å²) in [6.45, 7) is 7.87. The summed E-state index contributed by atoms with van der Waals surface area (Å²) >= 11 is 0. The standard InChI is InChI=1S/C13H24O6/c1-12(2,15-5)17-7-9-11-10(8(14)6-16-9)18-13(3,4)19-11/h8-11,14H,6-7H2,1-5H3/t8-,9+,10+,11-/m0/s1. The fourth-order valence-electron chi connectivity index (χ4n) is 2.30. The predicted octanol–water partition coefficient (Wildman–Crippen LogP) is 0.665. The van der Waals surface area contributed by atoms with Crippen LogP contribution < -0.4 is 0 Å². The fourth-order valence-corrected chi connectivity index (χ4v) is 2.30. The van der Waals surface area contributed by atoms with E-state index in [1.807, 2.05) is 27.7 Å². The minimum atomic E-state index is -0.709. The van der Waals surface area contributed by atoms with Gasteiger partial charge in [0.1, 0.15) is 24.4 Å². The number of ether oxygens (including phenoxy) is 5. The summed E-state index contributed by atoms with van der Waals surface area (Å²) in [6, 6.07) is 0. The third kappa shape index (κ3) is 3.45. The Morgan fingerprint density at radius 3 is 2.53 bits per heavy atom. The summed E-state index contributed by atoms with van der Waals surface area (Å²) in [7, 11) is 1.59. The lowest BCUT2D eigenvalue weighted by atomic mass is 10.0. The zero-order valence-corrected chi connectivity index (χ0v) is 12.2. The molecule has 4 atom stereocenters. The second kappa shape index (κ2) is 5.27. The highest BCUT2D eigenvalue weighted by atomic mass is 16.8. The molecule has 2 fully saturated rings. The van der Waals surface area contributed by atoms with Crippen molar-refractivity contribution < 1.29 is 28.8 Å². The maximum atomic E-state index is 9.91. The van der Waals surface area contributed by atoms with Crippen molar-refractivity contribution in [2.75, 3.05) is 20.3 Å². The molecule has 0 saturated carbocycles. The zero-order chi connectivity index (χ0) is 14.3. The summed E-state index contributed by atoms with van der Waals surface area (Å²) in [5.41, 5.74) is 0. The van der Waals surface area contributed by atoms with Gasteiger partial charge in [-0.15, -0.1) is 0 Å². The van der Waals surface area contributed by atoms with Gasteiger partial charge >= 0.3 is 0 Å². The maximum Gasteiger partial charge on any atom is 0.164 e. The van der Waals surface area contributed by atoms with E-state index in [0.29, 0.717) is 6.61 Å². The Kier molecular flexibility index (Phi) is 4.21. The minimum absolute atomic E-state index is 0.224. The van der Waals surface area contributed by atoms with Crippen LogP contribution in [0.1, 0.15) is 27.7 Å². The first-order valence-electron chi connectivity index (χ1n) is 6.58. The van der Waals surface area contributed by atoms with Gasteiger partial charge in [0, 0.05) is 7.11 Å². The maximum absolute atomic E-state index is 9.91. The minimum Gasteiger partial charge on any atom is -0.388 e. The van der Waals surface area contributed by atoms with Gasteiger partial charge in [-0.05, 0) is 27.7 Å². The Labute approximate surface area is 113 Å². The van der Waals surface area contributed by atoms with Crippen molar-refractivity contribution >= 4 is 0 Å². The molecule has 0 aromatic heterocycles. The third-order valence-electron chi connectivity index (χ3n) is 3.48. The molecular weight excluding hydrogens is 252 g/mol. The van der Waals surface area contributed by atoms with Gasteiger partial charge in [-0.1, -0.05) is 0 Å². The summed E-state index contributed by atoms with van der Waals surface area (Å²) < 4.78 is 28.0. The van der Waals surface area contributed by atoms with Crippen molar-refractivity contribution in [3.8, 4) is 0 Å². The molecule has 2 aliphatic rings. The molecule has 0 aromatic rings. The summed E-state index contributed by atoms with van der Waals surface area (Å²) in [4.78, 5) is 0. The third-order valence-corrected chi connectivity index (χ3v) is 3.48. The highest BCUT2D eigenvalue weighted by Crippen LogP contribution is 2.35. The molecule has 0 amide bonds. The number of hydrogen-bond donors (Lipinski definition) is 1. The van der Waals surface area contributed by atoms with Gasteiger partial charge in [-0.25, -0.2) is 0 Å². The first kappa shape index (κ1) is 15.2. The lowest BCUT2D eigenvalue weighted by Gasteiger charge is -2.36. The van der Waals surface area contributed by atoms with Gasteiger partial charge < -0.3 is 28.8 Å². The van der Waals surface area contributed by atoms with Crippen molar-refractivity contribution in [1.82, 2.24) is 0 Å². The number of rotatable bonds is 4. The number of hydrogen-bond acceptors (Lipinski definition) is 6. The van der Waals surface area contributed by atoms with Gasteiger partial charge in [0.2, 0.25) is 0 Å². The molecule has 6 heteroatoms. The van der Waals surface area contributed by atoms with Crippen molar-refractivity contribution in [1.29, 1.82) is 0 Å². The molecule has 0 spiro atoms. The number of aliphatic hydroxyl groups excluding tert-OH is 1. The Morgan fingerprint density at radius 2 is 1.89 bits per heavy atom. The highest BCUT2D eigenvalue weighted by molar-refractivity contribution is 4.94. The molecule has 112 valence electrons. The van der Waals surface area contributed by atoms with E-state index in [9.17, 15) is 5.11 Å². The molecule has 19 heavy (non-hydrogen) atoms. The normalized spacial score (nSPS) is 38.2. The van der Waals surface area contributed by atoms with Gasteiger partial charge in [-0.2, -0.15) is 0 Å². The Morgan fingerprint density at radius 1 is 1.26 bits per heavy atom. The Hall–Kier alpha value is -0.240. The van der Waals surface area contributed by atoms with Crippen LogP contribution in [-0.2, 0) is 23.7 Å². The van der Waals surface area contributed by atoms with Crippen LogP contribution in [0.4, 0.5) is 0 Å². The predicted molar refractivity (Wildman–Crippen MR) is 66.6 cm³/mol. The molecule has 0 aromatic carbocycles. The molecule has 2 heterocycles. The number of aliphatic hydroxyl groups is 1. The van der Waals surface area contributed by atoms with Crippen LogP contribution >= 0.6 is 0 Å². The van der Waals surface area contributed by atoms with Crippen LogP contribution in [0.5, 0.6) is 0 Å². The van der Waals surface area contributed by atoms with Crippen LogP contribution in [-0.4, -0.2) is 61.4 Å². The van der Waals surface area contributed by atoms with Crippen molar-refractivity contribution in [2.45, 2.75) is 63.7 Å². The first-order valence-corrected chi connectivity index (χ1v) is 6.58. The van der Waals surface area contributed by atoms with E-state index < -0.39 is 17.7 Å². The lowest BCUT2D eigenvalue weighted by molar-refractivity contribution is -0.234. The molecular formula is C13H24O6. The van der Waals surface area contributed by atoms with E-state index in [0.717, 1.165) is 0 Å². The number of methoxy groups -OCH3 is 1. The lowest BCUT2D eigenvalue weighted by Crippen LogP contribution is -2.53. The van der Waals surface area contributed by atoms with Crippen LogP contribution in [0, 0.1) is 0 Å². The van der Waals surface area contributed by atoms with Gasteiger partial charge in [0.05, 0.1) is 13.2 Å². The van der Waals surface area contributed by atoms with Crippen LogP contribution in [0.3, 0.4) is 0 Å². The summed E-state index contributed by atoms with van der Waals surface area (Å²) in [6.07, 6.45) is -1.64. The molecule has 0 bridgehead atoms. The zero-order valence-electron chi connectivity index (χ0n) is 12.2. The van der Waals surface area contributed by atoms with Crippen LogP contribution in [0.2, 0.25) is 0 Å². The van der Waals surface area contributed by atoms with Gasteiger partial charge in [0.15, 0.2) is 11.6 Å². The van der Waals surface area contributed by atoms with Crippen molar-refractivity contribution in [3.63, 3.8) is 0 Å².